The molecule has 0 aliphatic carbocycles. The summed E-state index contributed by atoms with van der Waals surface area (Å²) < 4.78 is 66.2. The molecule has 2 saturated heterocycles. The highest BCUT2D eigenvalue weighted by Gasteiger charge is 2.51. The fourth-order valence-corrected chi connectivity index (χ4v) is 4.75. The molecule has 0 radical (unpaired) electrons. The molecule has 0 aromatic carbocycles. The monoisotopic (exact) mass is 481 g/mol. The zero-order valence-electron chi connectivity index (χ0n) is 18.1. The number of carbonyl (C=O) groups excluding carboxylic acids is 1. The van der Waals surface area contributed by atoms with Gasteiger partial charge in [0.1, 0.15) is 23.6 Å². The van der Waals surface area contributed by atoms with Gasteiger partial charge in [-0.05, 0) is 31.9 Å². The lowest BCUT2D eigenvalue weighted by atomic mass is 9.85. The van der Waals surface area contributed by atoms with Crippen molar-refractivity contribution in [1.29, 1.82) is 0 Å². The average Bonchev–Trinajstić information content (AvgIpc) is 3.45. The van der Waals surface area contributed by atoms with Crippen LogP contribution in [-0.4, -0.2) is 56.7 Å². The smallest absolute Gasteiger partial charge is 0.354 e. The summed E-state index contributed by atoms with van der Waals surface area (Å²) in [7, 11) is 0. The summed E-state index contributed by atoms with van der Waals surface area (Å²) in [6, 6.07) is 2.28. The van der Waals surface area contributed by atoms with Gasteiger partial charge in [0.15, 0.2) is 5.65 Å². The Morgan fingerprint density at radius 1 is 1.18 bits per heavy atom. The lowest BCUT2D eigenvalue weighted by molar-refractivity contribution is -0.141. The van der Waals surface area contributed by atoms with E-state index < -0.39 is 30.3 Å². The number of amides is 1. The molecule has 2 fully saturated rings. The first kappa shape index (κ1) is 22.4. The van der Waals surface area contributed by atoms with Gasteiger partial charge >= 0.3 is 6.18 Å². The molecule has 1 atom stereocenters. The maximum atomic E-state index is 13.3. The number of alkyl halides is 5. The van der Waals surface area contributed by atoms with Crippen LogP contribution in [0.3, 0.4) is 0 Å². The topological polar surface area (TPSA) is 80.0 Å². The molecule has 34 heavy (non-hydrogen) atoms. The molecule has 5 heterocycles. The SMILES string of the molecule is Cc1nn(CC(F)F)c2nc(N3CCC4(CCN(c5ccnc(C(F)(F)F)c5)C4=O)C3)cnc12. The summed E-state index contributed by atoms with van der Waals surface area (Å²) in [6.45, 7) is 2.14. The van der Waals surface area contributed by atoms with E-state index in [-0.39, 0.29) is 17.2 Å². The van der Waals surface area contributed by atoms with Crippen molar-refractivity contribution in [2.24, 2.45) is 5.41 Å². The van der Waals surface area contributed by atoms with Crippen molar-refractivity contribution in [1.82, 2.24) is 24.7 Å². The molecule has 3 aromatic rings. The minimum atomic E-state index is -4.60. The molecule has 0 saturated carbocycles. The van der Waals surface area contributed by atoms with E-state index in [9.17, 15) is 26.7 Å². The highest BCUT2D eigenvalue weighted by molar-refractivity contribution is 6.00. The minimum absolute atomic E-state index is 0.162. The number of carbonyl (C=O) groups is 1. The Kier molecular flexibility index (Phi) is 5.17. The number of anilines is 2. The summed E-state index contributed by atoms with van der Waals surface area (Å²) in [5, 5.41) is 4.10. The van der Waals surface area contributed by atoms with Gasteiger partial charge in [-0.25, -0.2) is 23.4 Å². The van der Waals surface area contributed by atoms with Crippen molar-refractivity contribution < 1.29 is 26.7 Å². The van der Waals surface area contributed by atoms with Gasteiger partial charge in [-0.3, -0.25) is 9.78 Å². The molecule has 3 aromatic heterocycles. The highest BCUT2D eigenvalue weighted by atomic mass is 19.4. The van der Waals surface area contributed by atoms with E-state index in [1.165, 1.54) is 17.2 Å². The van der Waals surface area contributed by atoms with E-state index in [1.54, 1.807) is 6.92 Å². The Balaban J connectivity index is 1.39. The number of aromatic nitrogens is 5. The average molecular weight is 481 g/mol. The predicted octanol–water partition coefficient (Wildman–Crippen LogP) is 3.45. The summed E-state index contributed by atoms with van der Waals surface area (Å²) in [5.41, 5.74) is -0.491. The number of pyridine rings is 1. The van der Waals surface area contributed by atoms with Crippen LogP contribution >= 0.6 is 0 Å². The lowest BCUT2D eigenvalue weighted by Crippen LogP contribution is -2.37. The Morgan fingerprint density at radius 2 is 1.94 bits per heavy atom. The number of rotatable bonds is 4. The van der Waals surface area contributed by atoms with Gasteiger partial charge in [0.05, 0.1) is 17.3 Å². The van der Waals surface area contributed by atoms with Gasteiger partial charge in [0.2, 0.25) is 5.91 Å². The molecule has 5 rings (SSSR count). The number of halogens is 5. The fourth-order valence-electron chi connectivity index (χ4n) is 4.75. The molecule has 1 amide bonds. The Labute approximate surface area is 190 Å². The van der Waals surface area contributed by atoms with Crippen LogP contribution < -0.4 is 9.80 Å². The fraction of sp³-hybridized carbons (Fsp3) is 0.476. The minimum Gasteiger partial charge on any atom is -0.354 e. The molecular formula is C21H20F5N7O. The number of hydrogen-bond acceptors (Lipinski definition) is 6. The van der Waals surface area contributed by atoms with E-state index in [0.29, 0.717) is 49.5 Å². The van der Waals surface area contributed by atoms with Crippen LogP contribution in [0.15, 0.2) is 24.5 Å². The van der Waals surface area contributed by atoms with Crippen LogP contribution in [0, 0.1) is 12.3 Å². The van der Waals surface area contributed by atoms with Crippen molar-refractivity contribution >= 4 is 28.6 Å². The van der Waals surface area contributed by atoms with Crippen LogP contribution in [0.25, 0.3) is 11.2 Å². The quantitative estimate of drug-likeness (QED) is 0.532. The zero-order valence-corrected chi connectivity index (χ0v) is 18.1. The molecule has 0 bridgehead atoms. The third-order valence-corrected chi connectivity index (χ3v) is 6.45. The molecule has 2 aliphatic rings. The van der Waals surface area contributed by atoms with Gasteiger partial charge < -0.3 is 9.80 Å². The van der Waals surface area contributed by atoms with Crippen molar-refractivity contribution in [2.75, 3.05) is 29.4 Å². The maximum Gasteiger partial charge on any atom is 0.433 e. The summed E-state index contributed by atoms with van der Waals surface area (Å²) >= 11 is 0. The van der Waals surface area contributed by atoms with Crippen molar-refractivity contribution in [2.45, 2.75) is 38.9 Å². The molecule has 8 nitrogen and oxygen atoms in total. The lowest BCUT2D eigenvalue weighted by Gasteiger charge is -2.24. The number of aryl methyl sites for hydroxylation is 1. The second-order valence-electron chi connectivity index (χ2n) is 8.61. The van der Waals surface area contributed by atoms with Gasteiger partial charge in [-0.1, -0.05) is 0 Å². The third-order valence-electron chi connectivity index (χ3n) is 6.45. The molecular weight excluding hydrogens is 461 g/mol. The van der Waals surface area contributed by atoms with Gasteiger partial charge in [0, 0.05) is 31.5 Å². The second kappa shape index (κ2) is 7.84. The third kappa shape index (κ3) is 3.72. The molecule has 13 heteroatoms. The normalized spacial score (nSPS) is 21.1. The predicted molar refractivity (Wildman–Crippen MR) is 112 cm³/mol. The number of fused-ring (bicyclic) bond motifs is 1. The van der Waals surface area contributed by atoms with Crippen LogP contribution in [0.2, 0.25) is 0 Å². The highest BCUT2D eigenvalue weighted by Crippen LogP contribution is 2.44. The van der Waals surface area contributed by atoms with E-state index in [0.717, 1.165) is 16.9 Å². The Bertz CT molecular complexity index is 1260. The first-order valence-corrected chi connectivity index (χ1v) is 10.7. The van der Waals surface area contributed by atoms with Gasteiger partial charge in [-0.15, -0.1) is 0 Å². The molecule has 1 spiro atoms. The zero-order chi connectivity index (χ0) is 24.3. The van der Waals surface area contributed by atoms with Crippen molar-refractivity contribution in [3.05, 3.63) is 35.9 Å². The van der Waals surface area contributed by atoms with Crippen molar-refractivity contribution in [3.63, 3.8) is 0 Å². The summed E-state index contributed by atoms with van der Waals surface area (Å²) in [4.78, 5) is 28.8. The first-order chi connectivity index (χ1) is 16.1. The first-order valence-electron chi connectivity index (χ1n) is 10.7. The maximum absolute atomic E-state index is 13.3. The van der Waals surface area contributed by atoms with Crippen LogP contribution in [0.1, 0.15) is 24.2 Å². The van der Waals surface area contributed by atoms with Crippen LogP contribution in [0.4, 0.5) is 33.5 Å². The van der Waals surface area contributed by atoms with E-state index >= 15 is 0 Å². The van der Waals surface area contributed by atoms with Crippen molar-refractivity contribution in [3.8, 4) is 0 Å². The van der Waals surface area contributed by atoms with E-state index in [4.69, 9.17) is 0 Å². The molecule has 0 N–H and O–H groups in total. The van der Waals surface area contributed by atoms with Crippen LogP contribution in [-0.2, 0) is 17.5 Å². The second-order valence-corrected chi connectivity index (χ2v) is 8.61. The number of nitrogens with zero attached hydrogens (tertiary/aromatic N) is 7. The summed E-state index contributed by atoms with van der Waals surface area (Å²) in [5.74, 6) is 0.191. The summed E-state index contributed by atoms with van der Waals surface area (Å²) in [6.07, 6.45) is -3.66. The molecule has 180 valence electrons. The van der Waals surface area contributed by atoms with Crippen LogP contribution in [0.5, 0.6) is 0 Å². The van der Waals surface area contributed by atoms with Gasteiger partial charge in [0.25, 0.3) is 6.43 Å². The largest absolute Gasteiger partial charge is 0.433 e. The van der Waals surface area contributed by atoms with E-state index in [1.807, 2.05) is 4.90 Å². The Morgan fingerprint density at radius 3 is 2.68 bits per heavy atom. The standard InChI is InChI=1S/C21H20F5N7O/c1-12-17-18(33(30-12)10-15(22)23)29-16(9-28-17)31-6-3-20(11-31)4-7-32(19(20)34)13-2-5-27-14(8-13)21(24,25)26/h2,5,8-9,15H,3-4,6-7,10-11H2,1H3. The van der Waals surface area contributed by atoms with E-state index in [2.05, 4.69) is 20.1 Å². The Hall–Kier alpha value is -3.38. The number of hydrogen-bond donors (Lipinski definition) is 0. The molecule has 1 unspecified atom stereocenters. The molecule has 2 aliphatic heterocycles. The van der Waals surface area contributed by atoms with Gasteiger partial charge in [-0.2, -0.15) is 18.3 Å².